The van der Waals surface area contributed by atoms with Gasteiger partial charge in [0.05, 0.1) is 12.3 Å². The van der Waals surface area contributed by atoms with Crippen molar-refractivity contribution in [2.24, 2.45) is 4.74 Å². The van der Waals surface area contributed by atoms with Crippen LogP contribution < -0.4 is 0 Å². The van der Waals surface area contributed by atoms with Gasteiger partial charge in [-0.25, -0.2) is 4.74 Å². The summed E-state index contributed by atoms with van der Waals surface area (Å²) >= 11 is 0. The minimum Gasteiger partial charge on any atom is -0.465 e. The molecule has 0 radical (unpaired) electrons. The Labute approximate surface area is 100 Å². The molecule has 0 aromatic heterocycles. The third-order valence-corrected chi connectivity index (χ3v) is 3.94. The van der Waals surface area contributed by atoms with Crippen molar-refractivity contribution in [3.05, 3.63) is 30.3 Å². The Morgan fingerprint density at radius 1 is 1.41 bits per heavy atom. The molecule has 0 spiro atoms. The Hall–Kier alpha value is -1.16. The van der Waals surface area contributed by atoms with E-state index in [0.29, 0.717) is 5.69 Å². The first-order valence-electron chi connectivity index (χ1n) is 5.26. The number of rotatable bonds is 4. The van der Waals surface area contributed by atoms with Crippen molar-refractivity contribution in [2.75, 3.05) is 6.61 Å². The molecule has 0 fully saturated rings. The molecule has 0 aliphatic rings. The summed E-state index contributed by atoms with van der Waals surface area (Å²) in [6, 6.07) is 8.53. The van der Waals surface area contributed by atoms with Crippen LogP contribution in [0.25, 0.3) is 0 Å². The van der Waals surface area contributed by atoms with Crippen LogP contribution in [0.1, 0.15) is 13.8 Å². The molecule has 0 aliphatic carbocycles. The molecule has 0 heterocycles. The van der Waals surface area contributed by atoms with Crippen LogP contribution in [-0.4, -0.2) is 28.0 Å². The molecule has 5 nitrogen and oxygen atoms in total. The van der Waals surface area contributed by atoms with E-state index in [-0.39, 0.29) is 6.61 Å². The van der Waals surface area contributed by atoms with Crippen LogP contribution in [-0.2, 0) is 9.53 Å². The summed E-state index contributed by atoms with van der Waals surface area (Å²) in [7, 11) is -3.69. The van der Waals surface area contributed by atoms with Crippen LogP contribution in [0.5, 0.6) is 0 Å². The average Bonchev–Trinajstić information content (AvgIpc) is 2.29. The van der Waals surface area contributed by atoms with Crippen LogP contribution in [0, 0.1) is 0 Å². The Bertz CT molecular complexity index is 426. The molecule has 0 saturated carbocycles. The minimum absolute atomic E-state index is 0.203. The molecule has 6 heteroatoms. The van der Waals surface area contributed by atoms with Crippen molar-refractivity contribution in [1.82, 2.24) is 0 Å². The molecule has 17 heavy (non-hydrogen) atoms. The van der Waals surface area contributed by atoms with Gasteiger partial charge >= 0.3 is 5.97 Å². The van der Waals surface area contributed by atoms with E-state index in [0.717, 1.165) is 0 Å². The van der Waals surface area contributed by atoms with Crippen molar-refractivity contribution in [3.8, 4) is 0 Å². The van der Waals surface area contributed by atoms with E-state index in [4.69, 9.17) is 4.74 Å². The maximum Gasteiger partial charge on any atom is 0.319 e. The van der Waals surface area contributed by atoms with Crippen molar-refractivity contribution in [3.63, 3.8) is 0 Å². The molecule has 1 atom stereocenters. The molecule has 2 N–H and O–H groups in total. The number of nitrogens with zero attached hydrogens (tertiary/aromatic N) is 1. The molecular weight excluding hydrogens is 241 g/mol. The quantitative estimate of drug-likeness (QED) is 0.640. The summed E-state index contributed by atoms with van der Waals surface area (Å²) in [5, 5.41) is 0. The fraction of sp³-hybridized carbons (Fsp3) is 0.364. The first kappa shape index (κ1) is 13.9. The SMILES string of the molecule is CCOC(=O)C(C)P(O)(O)=Nc1ccccc1. The van der Waals surface area contributed by atoms with Crippen LogP contribution in [0.4, 0.5) is 5.69 Å². The number of ether oxygens (including phenoxy) is 1. The normalized spacial score (nSPS) is 12.9. The van der Waals surface area contributed by atoms with Crippen LogP contribution in [0.2, 0.25) is 0 Å². The minimum atomic E-state index is -3.69. The third kappa shape index (κ3) is 3.97. The molecule has 0 aliphatic heterocycles. The smallest absolute Gasteiger partial charge is 0.319 e. The number of carbonyl (C=O) groups excluding carboxylic acids is 1. The van der Waals surface area contributed by atoms with Gasteiger partial charge in [-0.3, -0.25) is 4.79 Å². The third-order valence-electron chi connectivity index (χ3n) is 2.17. The molecule has 1 unspecified atom stereocenters. The van der Waals surface area contributed by atoms with Gasteiger partial charge < -0.3 is 14.5 Å². The Morgan fingerprint density at radius 3 is 2.53 bits per heavy atom. The number of benzene rings is 1. The Balaban J connectivity index is 2.94. The second-order valence-corrected chi connectivity index (χ2v) is 5.68. The lowest BCUT2D eigenvalue weighted by molar-refractivity contribution is -0.142. The molecule has 0 bridgehead atoms. The van der Waals surface area contributed by atoms with E-state index in [1.165, 1.54) is 6.92 Å². The van der Waals surface area contributed by atoms with E-state index < -0.39 is 19.1 Å². The lowest BCUT2D eigenvalue weighted by Gasteiger charge is -2.17. The second-order valence-electron chi connectivity index (χ2n) is 3.48. The molecular formula is C11H16NO4P. The zero-order valence-electron chi connectivity index (χ0n) is 9.78. The number of hydrogen-bond donors (Lipinski definition) is 2. The van der Waals surface area contributed by atoms with Crippen molar-refractivity contribution in [2.45, 2.75) is 19.5 Å². The standard InChI is InChI=1S/C11H16NO4P/c1-3-16-11(13)9(2)17(14,15)12-10-7-5-4-6-8-10/h4-9,14-15H,3H2,1-2H3. The fourth-order valence-corrected chi connectivity index (χ4v) is 2.16. The predicted molar refractivity (Wildman–Crippen MR) is 66.0 cm³/mol. The van der Waals surface area contributed by atoms with E-state index >= 15 is 0 Å². The summed E-state index contributed by atoms with van der Waals surface area (Å²) in [5.41, 5.74) is -0.607. The van der Waals surface area contributed by atoms with Gasteiger partial charge in [0.15, 0.2) is 0 Å². The van der Waals surface area contributed by atoms with Gasteiger partial charge in [-0.15, -0.1) is 0 Å². The zero-order valence-corrected chi connectivity index (χ0v) is 10.7. The highest BCUT2D eigenvalue weighted by molar-refractivity contribution is 7.56. The Kier molecular flexibility index (Phi) is 4.87. The summed E-state index contributed by atoms with van der Waals surface area (Å²) < 4.78 is 8.55. The highest BCUT2D eigenvalue weighted by Crippen LogP contribution is 2.48. The zero-order chi connectivity index (χ0) is 12.9. The van der Waals surface area contributed by atoms with Crippen LogP contribution in [0.15, 0.2) is 35.1 Å². The van der Waals surface area contributed by atoms with E-state index in [1.54, 1.807) is 37.3 Å². The lowest BCUT2D eigenvalue weighted by Crippen LogP contribution is -2.20. The molecule has 1 rings (SSSR count). The van der Waals surface area contributed by atoms with Gasteiger partial charge in [0, 0.05) is 0 Å². The van der Waals surface area contributed by atoms with Crippen molar-refractivity contribution >= 4 is 19.2 Å². The maximum absolute atomic E-state index is 11.4. The largest absolute Gasteiger partial charge is 0.465 e. The Morgan fingerprint density at radius 2 is 2.00 bits per heavy atom. The first-order chi connectivity index (χ1) is 7.97. The highest BCUT2D eigenvalue weighted by Gasteiger charge is 2.30. The average molecular weight is 257 g/mol. The summed E-state index contributed by atoms with van der Waals surface area (Å²) in [6.45, 7) is 3.26. The van der Waals surface area contributed by atoms with Gasteiger partial charge in [0.1, 0.15) is 5.66 Å². The van der Waals surface area contributed by atoms with Crippen molar-refractivity contribution < 1.29 is 19.3 Å². The van der Waals surface area contributed by atoms with Gasteiger partial charge in [-0.1, -0.05) is 18.2 Å². The van der Waals surface area contributed by atoms with Crippen molar-refractivity contribution in [1.29, 1.82) is 0 Å². The van der Waals surface area contributed by atoms with E-state index in [1.807, 2.05) is 0 Å². The van der Waals surface area contributed by atoms with Gasteiger partial charge in [0.2, 0.25) is 7.51 Å². The highest BCUT2D eigenvalue weighted by atomic mass is 31.2. The lowest BCUT2D eigenvalue weighted by atomic mass is 10.3. The van der Waals surface area contributed by atoms with Gasteiger partial charge in [0.25, 0.3) is 0 Å². The summed E-state index contributed by atoms with van der Waals surface area (Å²) in [5.74, 6) is -0.648. The topological polar surface area (TPSA) is 79.1 Å². The summed E-state index contributed by atoms with van der Waals surface area (Å²) in [4.78, 5) is 31.1. The summed E-state index contributed by atoms with van der Waals surface area (Å²) in [6.07, 6.45) is 0. The monoisotopic (exact) mass is 257 g/mol. The number of esters is 1. The van der Waals surface area contributed by atoms with E-state index in [9.17, 15) is 14.6 Å². The first-order valence-corrected chi connectivity index (χ1v) is 6.98. The maximum atomic E-state index is 11.4. The number of hydrogen-bond acceptors (Lipinski definition) is 3. The van der Waals surface area contributed by atoms with Crippen LogP contribution in [0.3, 0.4) is 0 Å². The molecule has 1 aromatic rings. The molecule has 0 amide bonds. The van der Waals surface area contributed by atoms with Gasteiger partial charge in [-0.2, -0.15) is 0 Å². The van der Waals surface area contributed by atoms with Gasteiger partial charge in [-0.05, 0) is 26.0 Å². The molecule has 94 valence electrons. The van der Waals surface area contributed by atoms with E-state index in [2.05, 4.69) is 4.74 Å². The number of carbonyl (C=O) groups is 1. The van der Waals surface area contributed by atoms with Crippen LogP contribution >= 0.6 is 7.51 Å². The predicted octanol–water partition coefficient (Wildman–Crippen LogP) is 2.29. The second kappa shape index (κ2) is 5.96. The molecule has 0 saturated heterocycles. The molecule has 1 aromatic carbocycles. The fourth-order valence-electron chi connectivity index (χ4n) is 1.16.